The number of piperidine rings is 1. The maximum Gasteiger partial charge on any atom is 0.363 e. The Balaban J connectivity index is 1.68. The molecule has 0 bridgehead atoms. The molecular formula is C18H20N3O5+. The van der Waals surface area contributed by atoms with Gasteiger partial charge in [0.15, 0.2) is 6.04 Å². The van der Waals surface area contributed by atoms with Crippen LogP contribution in [-0.2, 0) is 14.3 Å². The van der Waals surface area contributed by atoms with Crippen LogP contribution < -0.4 is 0 Å². The van der Waals surface area contributed by atoms with Gasteiger partial charge in [0.1, 0.15) is 7.05 Å². The average molecular weight is 358 g/mol. The molecule has 8 nitrogen and oxygen atoms in total. The van der Waals surface area contributed by atoms with Crippen LogP contribution in [0.2, 0.25) is 0 Å². The van der Waals surface area contributed by atoms with Gasteiger partial charge in [0.25, 0.3) is 11.8 Å². The van der Waals surface area contributed by atoms with Crippen molar-refractivity contribution in [3.05, 3.63) is 35.4 Å². The average Bonchev–Trinajstić information content (AvgIpc) is 2.92. The van der Waals surface area contributed by atoms with Gasteiger partial charge in [-0.1, -0.05) is 12.1 Å². The van der Waals surface area contributed by atoms with E-state index in [9.17, 15) is 19.2 Å². The van der Waals surface area contributed by atoms with Crippen LogP contribution in [0.4, 0.5) is 0 Å². The number of quaternary nitrogens is 1. The maximum atomic E-state index is 13.3. The number of benzene rings is 1. The number of amides is 4. The number of hydrogen-bond acceptors (Lipinski definition) is 6. The maximum absolute atomic E-state index is 13.3. The number of carbonyl (C=O) groups excluding carboxylic acids is 4. The van der Waals surface area contributed by atoms with Crippen molar-refractivity contribution in [3.63, 3.8) is 0 Å². The Morgan fingerprint density at radius 2 is 1.58 bits per heavy atom. The molecule has 2 fully saturated rings. The highest BCUT2D eigenvalue weighted by molar-refractivity contribution is 6.22. The molecule has 26 heavy (non-hydrogen) atoms. The molecule has 3 aliphatic heterocycles. The van der Waals surface area contributed by atoms with Crippen molar-refractivity contribution < 1.29 is 28.5 Å². The van der Waals surface area contributed by atoms with E-state index in [1.807, 2.05) is 0 Å². The van der Waals surface area contributed by atoms with Gasteiger partial charge in [-0.05, 0) is 18.6 Å². The second kappa shape index (κ2) is 6.08. The second-order valence-electron chi connectivity index (χ2n) is 6.84. The number of nitrogens with zero attached hydrogens (tertiary/aromatic N) is 3. The van der Waals surface area contributed by atoms with Crippen LogP contribution in [-0.4, -0.2) is 77.5 Å². The minimum atomic E-state index is -0.937. The summed E-state index contributed by atoms with van der Waals surface area (Å²) in [6.07, 6.45) is 0.305. The quantitative estimate of drug-likeness (QED) is 0.554. The number of carbonyl (C=O) groups is 4. The summed E-state index contributed by atoms with van der Waals surface area (Å²) in [5.41, 5.74) is 0.616. The standard InChI is InChI=1S/C18H20N3O5/c1-21(19-8-10-26-11-9-19)15(22)7-6-14(18(21)25)20-16(23)12-4-2-3-5-13(12)17(20)24/h2-5,14H,6-11H2,1H3/q+1. The highest BCUT2D eigenvalue weighted by atomic mass is 16.5. The number of hydrogen-bond donors (Lipinski definition) is 0. The molecule has 136 valence electrons. The molecule has 0 radical (unpaired) electrons. The molecule has 0 N–H and O–H groups in total. The van der Waals surface area contributed by atoms with Crippen molar-refractivity contribution >= 4 is 23.6 Å². The monoisotopic (exact) mass is 358 g/mol. The molecule has 2 unspecified atom stereocenters. The molecular weight excluding hydrogens is 338 g/mol. The van der Waals surface area contributed by atoms with Crippen LogP contribution in [0.5, 0.6) is 0 Å². The van der Waals surface area contributed by atoms with E-state index in [1.165, 1.54) is 0 Å². The number of rotatable bonds is 2. The van der Waals surface area contributed by atoms with Gasteiger partial charge < -0.3 is 4.74 Å². The van der Waals surface area contributed by atoms with E-state index in [2.05, 4.69) is 0 Å². The van der Waals surface area contributed by atoms with E-state index in [1.54, 1.807) is 36.3 Å². The Morgan fingerprint density at radius 3 is 2.15 bits per heavy atom. The summed E-state index contributed by atoms with van der Waals surface area (Å²) in [5.74, 6) is -1.58. The third kappa shape index (κ3) is 2.26. The Morgan fingerprint density at radius 1 is 1.00 bits per heavy atom. The Labute approximate surface area is 150 Å². The third-order valence-corrected chi connectivity index (χ3v) is 5.52. The van der Waals surface area contributed by atoms with Crippen molar-refractivity contribution in [2.75, 3.05) is 33.4 Å². The first kappa shape index (κ1) is 17.0. The number of likely N-dealkylation sites (tertiary alicyclic amines) is 1. The van der Waals surface area contributed by atoms with Crippen LogP contribution in [0.1, 0.15) is 33.6 Å². The van der Waals surface area contributed by atoms with Gasteiger partial charge in [-0.2, -0.15) is 0 Å². The number of fused-ring (bicyclic) bond motifs is 1. The van der Waals surface area contributed by atoms with Gasteiger partial charge in [-0.3, -0.25) is 14.5 Å². The first-order valence-corrected chi connectivity index (χ1v) is 8.70. The summed E-state index contributed by atoms with van der Waals surface area (Å²) >= 11 is 0. The Bertz CT molecular complexity index is 782. The van der Waals surface area contributed by atoms with Crippen molar-refractivity contribution in [1.29, 1.82) is 0 Å². The number of likely N-dealkylation sites (N-methyl/N-ethyl adjacent to an activating group) is 1. The minimum Gasteiger partial charge on any atom is -0.378 e. The summed E-state index contributed by atoms with van der Waals surface area (Å²) in [7, 11) is 1.56. The number of morpholine rings is 1. The fraction of sp³-hybridized carbons (Fsp3) is 0.444. The van der Waals surface area contributed by atoms with Gasteiger partial charge in [-0.15, -0.1) is 9.60 Å². The smallest absolute Gasteiger partial charge is 0.363 e. The Hall–Kier alpha value is -2.42. The zero-order valence-electron chi connectivity index (χ0n) is 14.5. The molecule has 0 aromatic heterocycles. The highest BCUT2D eigenvalue weighted by Crippen LogP contribution is 2.32. The van der Waals surface area contributed by atoms with Crippen molar-refractivity contribution in [1.82, 2.24) is 9.91 Å². The molecule has 1 aromatic carbocycles. The fourth-order valence-electron chi connectivity index (χ4n) is 4.00. The van der Waals surface area contributed by atoms with Crippen LogP contribution in [0, 0.1) is 0 Å². The molecule has 3 heterocycles. The predicted molar refractivity (Wildman–Crippen MR) is 88.6 cm³/mol. The lowest BCUT2D eigenvalue weighted by Gasteiger charge is -2.44. The summed E-state index contributed by atoms with van der Waals surface area (Å²) in [4.78, 5) is 52.5. The van der Waals surface area contributed by atoms with E-state index < -0.39 is 28.4 Å². The van der Waals surface area contributed by atoms with E-state index in [0.29, 0.717) is 37.4 Å². The summed E-state index contributed by atoms with van der Waals surface area (Å²) in [6, 6.07) is 5.61. The van der Waals surface area contributed by atoms with Crippen molar-refractivity contribution in [2.24, 2.45) is 0 Å². The largest absolute Gasteiger partial charge is 0.378 e. The summed E-state index contributed by atoms with van der Waals surface area (Å²) in [6.45, 7) is 1.77. The van der Waals surface area contributed by atoms with E-state index in [-0.39, 0.29) is 18.7 Å². The third-order valence-electron chi connectivity index (χ3n) is 5.52. The van der Waals surface area contributed by atoms with Crippen molar-refractivity contribution in [2.45, 2.75) is 18.9 Å². The van der Waals surface area contributed by atoms with E-state index >= 15 is 0 Å². The topological polar surface area (TPSA) is 84.0 Å². The lowest BCUT2D eigenvalue weighted by atomic mass is 10.0. The molecule has 3 aliphatic rings. The first-order valence-electron chi connectivity index (χ1n) is 8.70. The summed E-state index contributed by atoms with van der Waals surface area (Å²) < 4.78 is 4.80. The molecule has 8 heteroatoms. The molecule has 0 saturated carbocycles. The molecule has 4 rings (SSSR count). The van der Waals surface area contributed by atoms with Crippen LogP contribution in [0.3, 0.4) is 0 Å². The van der Waals surface area contributed by atoms with Crippen molar-refractivity contribution in [3.8, 4) is 0 Å². The van der Waals surface area contributed by atoms with Gasteiger partial charge in [-0.25, -0.2) is 9.59 Å². The number of imide groups is 2. The number of ether oxygens (including phenoxy) is 1. The fourth-order valence-corrected chi connectivity index (χ4v) is 4.00. The molecule has 0 aliphatic carbocycles. The highest BCUT2D eigenvalue weighted by Gasteiger charge is 2.57. The van der Waals surface area contributed by atoms with Crippen LogP contribution >= 0.6 is 0 Å². The first-order chi connectivity index (χ1) is 12.5. The summed E-state index contributed by atoms with van der Waals surface area (Å²) in [5, 5.41) is 1.76. The van der Waals surface area contributed by atoms with E-state index in [4.69, 9.17) is 4.74 Å². The zero-order valence-corrected chi connectivity index (χ0v) is 14.5. The van der Waals surface area contributed by atoms with Crippen LogP contribution in [0.15, 0.2) is 24.3 Å². The molecule has 2 atom stereocenters. The minimum absolute atomic E-state index is 0.137. The Kier molecular flexibility index (Phi) is 3.98. The molecule has 4 amide bonds. The lowest BCUT2D eigenvalue weighted by Crippen LogP contribution is -2.72. The molecule has 2 saturated heterocycles. The van der Waals surface area contributed by atoms with Gasteiger partial charge >= 0.3 is 11.8 Å². The molecule has 0 spiro atoms. The second-order valence-corrected chi connectivity index (χ2v) is 6.84. The van der Waals surface area contributed by atoms with Gasteiger partial charge in [0.2, 0.25) is 0 Å². The molecule has 1 aromatic rings. The zero-order chi connectivity index (χ0) is 18.5. The van der Waals surface area contributed by atoms with Crippen LogP contribution in [0.25, 0.3) is 0 Å². The lowest BCUT2D eigenvalue weighted by molar-refractivity contribution is -0.889. The van der Waals surface area contributed by atoms with Gasteiger partial charge in [0, 0.05) is 0 Å². The SMILES string of the molecule is C[N+]1(N2CCOCC2)C(=O)CCC(N2C(=O)c3ccccc3C2=O)C1=O. The normalized spacial score (nSPS) is 30.0. The predicted octanol–water partition coefficient (Wildman–Crippen LogP) is 0.192. The van der Waals surface area contributed by atoms with Gasteiger partial charge in [0.05, 0.1) is 43.9 Å². The van der Waals surface area contributed by atoms with E-state index in [0.717, 1.165) is 4.90 Å².